The average molecular weight is 523 g/mol. The number of benzene rings is 2. The third-order valence-electron chi connectivity index (χ3n) is 5.77. The Morgan fingerprint density at radius 1 is 1.00 bits per heavy atom. The largest absolute Gasteiger partial charge is 0.416 e. The average Bonchev–Trinajstić information content (AvgIpc) is 2.82. The molecule has 202 valence electrons. The summed E-state index contributed by atoms with van der Waals surface area (Å²) >= 11 is 0. The maximum absolute atomic E-state index is 12.9. The Labute approximate surface area is 214 Å². The second-order valence-electron chi connectivity index (χ2n) is 8.98. The van der Waals surface area contributed by atoms with Crippen LogP contribution in [0.15, 0.2) is 42.5 Å². The van der Waals surface area contributed by atoms with Crippen LogP contribution >= 0.6 is 0 Å². The van der Waals surface area contributed by atoms with Crippen molar-refractivity contribution in [3.8, 4) is 0 Å². The van der Waals surface area contributed by atoms with Crippen LogP contribution in [0.5, 0.6) is 0 Å². The summed E-state index contributed by atoms with van der Waals surface area (Å²) in [5, 5.41) is 20.2. The van der Waals surface area contributed by atoms with Crippen LogP contribution in [0.3, 0.4) is 0 Å². The summed E-state index contributed by atoms with van der Waals surface area (Å²) in [5.74, 6) is -2.12. The van der Waals surface area contributed by atoms with Crippen molar-refractivity contribution in [2.45, 2.75) is 58.6 Å². The van der Waals surface area contributed by atoms with E-state index in [4.69, 9.17) is 0 Å². The van der Waals surface area contributed by atoms with Crippen LogP contribution in [0.4, 0.5) is 13.2 Å². The van der Waals surface area contributed by atoms with Gasteiger partial charge in [0, 0.05) is 18.7 Å². The summed E-state index contributed by atoms with van der Waals surface area (Å²) in [5.41, 5.74) is 1.96. The molecule has 2 aromatic rings. The summed E-state index contributed by atoms with van der Waals surface area (Å²) in [4.78, 5) is 37.5. The zero-order valence-corrected chi connectivity index (χ0v) is 21.2. The standard InChI is InChI=1S/C26H33F3N4O4/c1-15-8-9-20(16(2)10-15)12-30-13-22(25(37)32-17(3)18(4)34)33-23(35)14-31-24(36)19-6-5-7-21(11-19)26(27,28)29/h5-11,17-18,22,30,34H,12-14H2,1-4H3,(H,31,36)(H,32,37)(H,33,35)/t17?,18?,22-/m1/s1. The first kappa shape index (κ1) is 29.8. The molecule has 0 saturated carbocycles. The molecular formula is C26H33F3N4O4. The van der Waals surface area contributed by atoms with Crippen LogP contribution in [0.2, 0.25) is 0 Å². The molecule has 0 bridgehead atoms. The molecule has 8 nitrogen and oxygen atoms in total. The number of alkyl halides is 3. The van der Waals surface area contributed by atoms with Crippen LogP contribution < -0.4 is 21.3 Å². The van der Waals surface area contributed by atoms with E-state index in [9.17, 15) is 32.7 Å². The highest BCUT2D eigenvalue weighted by Gasteiger charge is 2.31. The van der Waals surface area contributed by atoms with E-state index in [0.717, 1.165) is 28.8 Å². The second-order valence-corrected chi connectivity index (χ2v) is 8.98. The Balaban J connectivity index is 2.01. The van der Waals surface area contributed by atoms with E-state index in [2.05, 4.69) is 21.3 Å². The number of halogens is 3. The van der Waals surface area contributed by atoms with Crippen LogP contribution in [0, 0.1) is 13.8 Å². The number of hydrogen-bond donors (Lipinski definition) is 5. The van der Waals surface area contributed by atoms with Crippen molar-refractivity contribution < 1.29 is 32.7 Å². The van der Waals surface area contributed by atoms with Crippen molar-refractivity contribution >= 4 is 17.7 Å². The van der Waals surface area contributed by atoms with Gasteiger partial charge in [0.2, 0.25) is 11.8 Å². The van der Waals surface area contributed by atoms with Crippen LogP contribution in [0.25, 0.3) is 0 Å². The van der Waals surface area contributed by atoms with Gasteiger partial charge < -0.3 is 26.4 Å². The molecule has 0 aromatic heterocycles. The fraction of sp³-hybridized carbons (Fsp3) is 0.423. The molecule has 0 radical (unpaired) electrons. The third kappa shape index (κ3) is 9.51. The molecule has 11 heteroatoms. The van der Waals surface area contributed by atoms with Crippen LogP contribution in [-0.2, 0) is 22.3 Å². The molecule has 0 aliphatic heterocycles. The molecule has 3 atom stereocenters. The predicted molar refractivity (Wildman–Crippen MR) is 133 cm³/mol. The summed E-state index contributed by atoms with van der Waals surface area (Å²) in [6, 6.07) is 8.18. The predicted octanol–water partition coefficient (Wildman–Crippen LogP) is 2.21. The Morgan fingerprint density at radius 3 is 2.32 bits per heavy atom. The monoisotopic (exact) mass is 522 g/mol. The number of aryl methyl sites for hydroxylation is 2. The van der Waals surface area contributed by atoms with Crippen molar-refractivity contribution in [3.05, 3.63) is 70.3 Å². The van der Waals surface area contributed by atoms with E-state index in [1.54, 1.807) is 6.92 Å². The lowest BCUT2D eigenvalue weighted by molar-refractivity contribution is -0.137. The van der Waals surface area contributed by atoms with Crippen molar-refractivity contribution in [1.82, 2.24) is 21.3 Å². The highest BCUT2D eigenvalue weighted by atomic mass is 19.4. The van der Waals surface area contributed by atoms with E-state index < -0.39 is 54.2 Å². The van der Waals surface area contributed by atoms with Crippen molar-refractivity contribution in [2.24, 2.45) is 0 Å². The van der Waals surface area contributed by atoms with Gasteiger partial charge in [0.1, 0.15) is 6.04 Å². The Hall–Kier alpha value is -3.44. The minimum absolute atomic E-state index is 0.0546. The van der Waals surface area contributed by atoms with Crippen LogP contribution in [-0.4, -0.2) is 54.1 Å². The van der Waals surface area contributed by atoms with Crippen molar-refractivity contribution in [2.75, 3.05) is 13.1 Å². The second kappa shape index (κ2) is 13.2. The molecule has 0 aliphatic carbocycles. The quantitative estimate of drug-likeness (QED) is 0.310. The maximum atomic E-state index is 12.9. The fourth-order valence-corrected chi connectivity index (χ4v) is 3.39. The van der Waals surface area contributed by atoms with Gasteiger partial charge in [0.25, 0.3) is 5.91 Å². The van der Waals surface area contributed by atoms with Gasteiger partial charge in [0.05, 0.1) is 24.3 Å². The van der Waals surface area contributed by atoms with Crippen LogP contribution in [0.1, 0.15) is 46.5 Å². The first-order valence-corrected chi connectivity index (χ1v) is 11.8. The van der Waals surface area contributed by atoms with Gasteiger partial charge in [-0.15, -0.1) is 0 Å². The lowest BCUT2D eigenvalue weighted by Gasteiger charge is -2.23. The molecule has 0 heterocycles. The minimum Gasteiger partial charge on any atom is -0.391 e. The third-order valence-corrected chi connectivity index (χ3v) is 5.77. The smallest absolute Gasteiger partial charge is 0.391 e. The van der Waals surface area contributed by atoms with Gasteiger partial charge in [-0.3, -0.25) is 14.4 Å². The summed E-state index contributed by atoms with van der Waals surface area (Å²) < 4.78 is 38.7. The first-order chi connectivity index (χ1) is 17.3. The molecule has 2 unspecified atom stereocenters. The molecule has 0 fully saturated rings. The maximum Gasteiger partial charge on any atom is 0.416 e. The number of carbonyl (C=O) groups excluding carboxylic acids is 3. The Kier molecular flexibility index (Phi) is 10.6. The molecule has 3 amide bonds. The molecule has 0 spiro atoms. The topological polar surface area (TPSA) is 120 Å². The number of rotatable bonds is 11. The summed E-state index contributed by atoms with van der Waals surface area (Å²) in [7, 11) is 0. The van der Waals surface area contributed by atoms with E-state index in [1.165, 1.54) is 13.0 Å². The van der Waals surface area contributed by atoms with Gasteiger partial charge >= 0.3 is 6.18 Å². The first-order valence-electron chi connectivity index (χ1n) is 11.8. The Morgan fingerprint density at radius 2 is 1.70 bits per heavy atom. The van der Waals surface area contributed by atoms with E-state index in [-0.39, 0.29) is 12.1 Å². The number of hydrogen-bond acceptors (Lipinski definition) is 5. The molecule has 0 saturated heterocycles. The number of aliphatic hydroxyl groups excluding tert-OH is 1. The number of amides is 3. The van der Waals surface area contributed by atoms with E-state index in [1.807, 2.05) is 32.0 Å². The highest BCUT2D eigenvalue weighted by molar-refractivity contribution is 5.97. The fourth-order valence-electron chi connectivity index (χ4n) is 3.39. The summed E-state index contributed by atoms with van der Waals surface area (Å²) in [6.07, 6.45) is -5.43. The Bertz CT molecular complexity index is 1110. The molecule has 2 rings (SSSR count). The molecule has 37 heavy (non-hydrogen) atoms. The van der Waals surface area contributed by atoms with Gasteiger partial charge in [-0.25, -0.2) is 0 Å². The molecule has 0 aliphatic rings. The molecule has 5 N–H and O–H groups in total. The van der Waals surface area contributed by atoms with Crippen molar-refractivity contribution in [3.63, 3.8) is 0 Å². The lowest BCUT2D eigenvalue weighted by atomic mass is 10.1. The van der Waals surface area contributed by atoms with Crippen molar-refractivity contribution in [1.29, 1.82) is 0 Å². The van der Waals surface area contributed by atoms with E-state index in [0.29, 0.717) is 12.6 Å². The number of carbonyl (C=O) groups is 3. The molecule has 2 aromatic carbocycles. The zero-order valence-electron chi connectivity index (χ0n) is 21.2. The SMILES string of the molecule is Cc1ccc(CNC[C@@H](NC(=O)CNC(=O)c2cccc(C(F)(F)F)c2)C(=O)NC(C)C(C)O)c(C)c1. The normalized spacial score (nSPS) is 13.8. The highest BCUT2D eigenvalue weighted by Crippen LogP contribution is 2.29. The molecular weight excluding hydrogens is 489 g/mol. The van der Waals surface area contributed by atoms with E-state index >= 15 is 0 Å². The zero-order chi connectivity index (χ0) is 27.8. The van der Waals surface area contributed by atoms with Gasteiger partial charge in [-0.1, -0.05) is 29.8 Å². The number of nitrogens with one attached hydrogen (secondary N) is 4. The van der Waals surface area contributed by atoms with Gasteiger partial charge in [-0.2, -0.15) is 13.2 Å². The lowest BCUT2D eigenvalue weighted by Crippen LogP contribution is -2.56. The van der Waals surface area contributed by atoms with Gasteiger partial charge in [-0.05, 0) is 57.0 Å². The summed E-state index contributed by atoms with van der Waals surface area (Å²) in [6.45, 7) is 7.01. The number of aliphatic hydroxyl groups is 1. The van der Waals surface area contributed by atoms with Gasteiger partial charge in [0.15, 0.2) is 0 Å². The minimum atomic E-state index is -4.61.